The number of nitrogens with two attached hydrogens (primary N) is 1. The Hall–Kier alpha value is -1.56. The van der Waals surface area contributed by atoms with Crippen LogP contribution in [0, 0.1) is 0 Å². The Balaban J connectivity index is 2.97. The summed E-state index contributed by atoms with van der Waals surface area (Å²) >= 11 is 0. The molecule has 0 saturated carbocycles. The second-order valence-corrected chi connectivity index (χ2v) is 4.09. The zero-order valence-electron chi connectivity index (χ0n) is 11.6. The van der Waals surface area contributed by atoms with E-state index in [9.17, 15) is 0 Å². The number of hydrogen-bond donors (Lipinski definition) is 2. The van der Waals surface area contributed by atoms with Crippen molar-refractivity contribution in [3.63, 3.8) is 0 Å². The number of aromatic nitrogens is 2. The van der Waals surface area contributed by atoms with Crippen LogP contribution in [0.5, 0.6) is 0 Å². The van der Waals surface area contributed by atoms with Crippen molar-refractivity contribution in [3.05, 3.63) is 6.07 Å². The number of anilines is 3. The van der Waals surface area contributed by atoms with Gasteiger partial charge in [-0.05, 0) is 20.8 Å². The van der Waals surface area contributed by atoms with Gasteiger partial charge >= 0.3 is 0 Å². The molecule has 0 radical (unpaired) electrons. The Morgan fingerprint density at radius 1 is 1.44 bits per heavy atom. The normalized spacial score (nSPS) is 12.2. The van der Waals surface area contributed by atoms with E-state index in [2.05, 4.69) is 34.0 Å². The molecule has 18 heavy (non-hydrogen) atoms. The SMILES string of the molecule is CCNc1cc(N(CC)C(C)COC)nc(N)n1. The lowest BCUT2D eigenvalue weighted by Crippen LogP contribution is -2.37. The molecule has 1 unspecified atom stereocenters. The molecule has 1 heterocycles. The summed E-state index contributed by atoms with van der Waals surface area (Å²) in [5.74, 6) is 1.86. The van der Waals surface area contributed by atoms with Crippen molar-refractivity contribution in [2.45, 2.75) is 26.8 Å². The summed E-state index contributed by atoms with van der Waals surface area (Å²) in [7, 11) is 1.70. The summed E-state index contributed by atoms with van der Waals surface area (Å²) in [4.78, 5) is 10.6. The van der Waals surface area contributed by atoms with Crippen LogP contribution < -0.4 is 16.0 Å². The Morgan fingerprint density at radius 2 is 2.17 bits per heavy atom. The van der Waals surface area contributed by atoms with Gasteiger partial charge in [0.05, 0.1) is 12.6 Å². The third kappa shape index (κ3) is 3.73. The molecule has 1 aromatic rings. The Bertz CT molecular complexity index is 371. The van der Waals surface area contributed by atoms with E-state index >= 15 is 0 Å². The molecule has 1 atom stereocenters. The van der Waals surface area contributed by atoms with Gasteiger partial charge in [0.25, 0.3) is 0 Å². The highest BCUT2D eigenvalue weighted by Gasteiger charge is 2.15. The minimum absolute atomic E-state index is 0.240. The Kier molecular flexibility index (Phi) is 5.64. The lowest BCUT2D eigenvalue weighted by atomic mass is 10.3. The highest BCUT2D eigenvalue weighted by atomic mass is 16.5. The molecule has 6 heteroatoms. The van der Waals surface area contributed by atoms with Crippen molar-refractivity contribution in [1.29, 1.82) is 0 Å². The van der Waals surface area contributed by atoms with Crippen LogP contribution in [0.15, 0.2) is 6.07 Å². The van der Waals surface area contributed by atoms with Gasteiger partial charge in [-0.25, -0.2) is 0 Å². The summed E-state index contributed by atoms with van der Waals surface area (Å²) in [5.41, 5.74) is 5.74. The highest BCUT2D eigenvalue weighted by Crippen LogP contribution is 2.19. The van der Waals surface area contributed by atoms with Crippen molar-refractivity contribution in [3.8, 4) is 0 Å². The predicted octanol–water partition coefficient (Wildman–Crippen LogP) is 1.35. The second kappa shape index (κ2) is 7.00. The molecule has 0 fully saturated rings. The maximum absolute atomic E-state index is 5.74. The van der Waals surface area contributed by atoms with Gasteiger partial charge in [-0.2, -0.15) is 9.97 Å². The zero-order chi connectivity index (χ0) is 13.5. The van der Waals surface area contributed by atoms with E-state index in [1.165, 1.54) is 0 Å². The summed E-state index contributed by atoms with van der Waals surface area (Å²) in [6, 6.07) is 2.15. The van der Waals surface area contributed by atoms with Crippen LogP contribution in [-0.4, -0.2) is 42.8 Å². The summed E-state index contributed by atoms with van der Waals surface area (Å²) < 4.78 is 5.18. The van der Waals surface area contributed by atoms with Crippen molar-refractivity contribution >= 4 is 17.6 Å². The minimum Gasteiger partial charge on any atom is -0.383 e. The van der Waals surface area contributed by atoms with E-state index in [4.69, 9.17) is 10.5 Å². The molecule has 1 aromatic heterocycles. The van der Waals surface area contributed by atoms with E-state index in [0.29, 0.717) is 6.61 Å². The number of likely N-dealkylation sites (N-methyl/N-ethyl adjacent to an activating group) is 1. The number of ether oxygens (including phenoxy) is 1. The quantitative estimate of drug-likeness (QED) is 0.764. The summed E-state index contributed by atoms with van der Waals surface area (Å²) in [6.07, 6.45) is 0. The summed E-state index contributed by atoms with van der Waals surface area (Å²) in [6.45, 7) is 8.48. The molecule has 0 aliphatic carbocycles. The maximum Gasteiger partial charge on any atom is 0.223 e. The molecule has 0 spiro atoms. The van der Waals surface area contributed by atoms with Crippen LogP contribution in [0.1, 0.15) is 20.8 Å². The van der Waals surface area contributed by atoms with E-state index in [0.717, 1.165) is 24.7 Å². The fourth-order valence-corrected chi connectivity index (χ4v) is 1.90. The van der Waals surface area contributed by atoms with Crippen LogP contribution in [0.3, 0.4) is 0 Å². The maximum atomic E-state index is 5.74. The summed E-state index contributed by atoms with van der Waals surface area (Å²) in [5, 5.41) is 3.15. The largest absolute Gasteiger partial charge is 0.383 e. The van der Waals surface area contributed by atoms with Crippen molar-refractivity contribution in [1.82, 2.24) is 9.97 Å². The van der Waals surface area contributed by atoms with Crippen LogP contribution in [-0.2, 0) is 4.74 Å². The van der Waals surface area contributed by atoms with E-state index in [1.807, 2.05) is 13.0 Å². The monoisotopic (exact) mass is 253 g/mol. The van der Waals surface area contributed by atoms with Crippen molar-refractivity contribution in [2.24, 2.45) is 0 Å². The van der Waals surface area contributed by atoms with Crippen LogP contribution >= 0.6 is 0 Å². The standard InChI is InChI=1S/C12H23N5O/c1-5-14-10-7-11(16-12(13)15-10)17(6-2)9(3)8-18-4/h7,9H,5-6,8H2,1-4H3,(H3,13,14,15,16). The number of nitrogens with zero attached hydrogens (tertiary/aromatic N) is 3. The van der Waals surface area contributed by atoms with E-state index < -0.39 is 0 Å². The van der Waals surface area contributed by atoms with Gasteiger partial charge in [0.1, 0.15) is 11.6 Å². The first-order valence-electron chi connectivity index (χ1n) is 6.26. The molecule has 0 saturated heterocycles. The molecule has 0 aliphatic heterocycles. The van der Waals surface area contributed by atoms with Gasteiger partial charge in [0.15, 0.2) is 0 Å². The fourth-order valence-electron chi connectivity index (χ4n) is 1.90. The molecule has 0 bridgehead atoms. The Labute approximate surface area is 109 Å². The molecule has 0 aliphatic rings. The molecule has 6 nitrogen and oxygen atoms in total. The van der Waals surface area contributed by atoms with Gasteiger partial charge in [0.2, 0.25) is 5.95 Å². The van der Waals surface area contributed by atoms with Crippen LogP contribution in [0.2, 0.25) is 0 Å². The average molecular weight is 253 g/mol. The average Bonchev–Trinajstić information content (AvgIpc) is 2.30. The highest BCUT2D eigenvalue weighted by molar-refractivity contribution is 5.53. The molecule has 0 aromatic carbocycles. The third-order valence-corrected chi connectivity index (χ3v) is 2.66. The lowest BCUT2D eigenvalue weighted by Gasteiger charge is -2.28. The second-order valence-electron chi connectivity index (χ2n) is 4.09. The molecular weight excluding hydrogens is 230 g/mol. The number of hydrogen-bond acceptors (Lipinski definition) is 6. The van der Waals surface area contributed by atoms with Gasteiger partial charge < -0.3 is 20.7 Å². The first-order chi connectivity index (χ1) is 8.62. The number of nitrogen functional groups attached to an aromatic ring is 1. The van der Waals surface area contributed by atoms with E-state index in [1.54, 1.807) is 7.11 Å². The minimum atomic E-state index is 0.240. The predicted molar refractivity (Wildman–Crippen MR) is 75.0 cm³/mol. The smallest absolute Gasteiger partial charge is 0.223 e. The number of rotatable bonds is 7. The third-order valence-electron chi connectivity index (χ3n) is 2.66. The van der Waals surface area contributed by atoms with Gasteiger partial charge in [0, 0.05) is 26.3 Å². The first kappa shape index (κ1) is 14.5. The number of nitrogens with one attached hydrogen (secondary N) is 1. The van der Waals surface area contributed by atoms with Crippen molar-refractivity contribution in [2.75, 3.05) is 42.8 Å². The van der Waals surface area contributed by atoms with Gasteiger partial charge in [-0.15, -0.1) is 0 Å². The molecule has 0 amide bonds. The fraction of sp³-hybridized carbons (Fsp3) is 0.667. The molecule has 1 rings (SSSR count). The topological polar surface area (TPSA) is 76.3 Å². The van der Waals surface area contributed by atoms with Gasteiger partial charge in [-0.1, -0.05) is 0 Å². The van der Waals surface area contributed by atoms with Crippen LogP contribution in [0.4, 0.5) is 17.6 Å². The lowest BCUT2D eigenvalue weighted by molar-refractivity contribution is 0.181. The first-order valence-corrected chi connectivity index (χ1v) is 6.26. The number of methoxy groups -OCH3 is 1. The van der Waals surface area contributed by atoms with Crippen molar-refractivity contribution < 1.29 is 4.74 Å². The van der Waals surface area contributed by atoms with E-state index in [-0.39, 0.29) is 12.0 Å². The van der Waals surface area contributed by atoms with Gasteiger partial charge in [-0.3, -0.25) is 0 Å². The molecule has 102 valence electrons. The van der Waals surface area contributed by atoms with Crippen LogP contribution in [0.25, 0.3) is 0 Å². The Morgan fingerprint density at radius 3 is 2.72 bits per heavy atom. The molecule has 3 N–H and O–H groups in total. The molecular formula is C12H23N5O. The zero-order valence-corrected chi connectivity index (χ0v) is 11.6.